The zero-order valence-electron chi connectivity index (χ0n) is 19.7. The van der Waals surface area contributed by atoms with Crippen molar-refractivity contribution in [1.29, 1.82) is 0 Å². The van der Waals surface area contributed by atoms with E-state index in [4.69, 9.17) is 16.3 Å². The van der Waals surface area contributed by atoms with Crippen molar-refractivity contribution in [3.05, 3.63) is 72.1 Å². The summed E-state index contributed by atoms with van der Waals surface area (Å²) in [5, 5.41) is 5.91. The smallest absolute Gasteiger partial charge is 0.418 e. The molecule has 1 atom stereocenters. The third-order valence-electron chi connectivity index (χ3n) is 4.89. The number of rotatable bonds is 8. The van der Waals surface area contributed by atoms with Crippen LogP contribution in [0.3, 0.4) is 0 Å². The fourth-order valence-electron chi connectivity index (χ4n) is 3.04. The van der Waals surface area contributed by atoms with Crippen LogP contribution in [0.5, 0.6) is 11.5 Å². The van der Waals surface area contributed by atoms with Crippen molar-refractivity contribution in [3.8, 4) is 11.5 Å². The van der Waals surface area contributed by atoms with Crippen molar-refractivity contribution in [2.45, 2.75) is 31.8 Å². The first-order valence-corrected chi connectivity index (χ1v) is 11.4. The molecule has 0 fully saturated rings. The zero-order chi connectivity index (χ0) is 27.2. The highest BCUT2D eigenvalue weighted by Crippen LogP contribution is 2.37. The van der Waals surface area contributed by atoms with Crippen LogP contribution in [0, 0.1) is 0 Å². The fourth-order valence-corrected chi connectivity index (χ4v) is 3.10. The molecule has 1 heterocycles. The fraction of sp³-hybridized carbons (Fsp3) is 0.200. The Morgan fingerprint density at radius 2 is 1.59 bits per heavy atom. The summed E-state index contributed by atoms with van der Waals surface area (Å²) in [5.74, 6) is -0.0869. The minimum absolute atomic E-state index is 0.123. The van der Waals surface area contributed by atoms with Crippen LogP contribution in [0.25, 0.3) is 0 Å². The summed E-state index contributed by atoms with van der Waals surface area (Å²) in [6, 6.07) is 11.5. The first-order valence-electron chi connectivity index (χ1n) is 11.0. The SMILES string of the molecule is CCC(=O)c1cc(Oc2ccc(NC(=O)Nc3ccc(NC(=O)C(C)Cl)c(C(F)(F)F)c3)cc2)ccn1. The average Bonchev–Trinajstić information content (AvgIpc) is 2.85. The van der Waals surface area contributed by atoms with Gasteiger partial charge in [-0.25, -0.2) is 4.79 Å². The molecule has 3 aromatic rings. The molecule has 0 saturated heterocycles. The number of ether oxygens (including phenoxy) is 1. The van der Waals surface area contributed by atoms with Gasteiger partial charge in [-0.2, -0.15) is 13.2 Å². The van der Waals surface area contributed by atoms with Gasteiger partial charge >= 0.3 is 12.2 Å². The molecular weight excluding hydrogens is 513 g/mol. The minimum atomic E-state index is -4.79. The van der Waals surface area contributed by atoms with Crippen LogP contribution in [0.4, 0.5) is 35.0 Å². The Kier molecular flexibility index (Phi) is 8.72. The maximum Gasteiger partial charge on any atom is 0.418 e. The van der Waals surface area contributed by atoms with E-state index in [1.165, 1.54) is 37.4 Å². The van der Waals surface area contributed by atoms with Crippen molar-refractivity contribution in [3.63, 3.8) is 0 Å². The highest BCUT2D eigenvalue weighted by atomic mass is 35.5. The van der Waals surface area contributed by atoms with Gasteiger partial charge in [0.2, 0.25) is 5.91 Å². The van der Waals surface area contributed by atoms with Gasteiger partial charge in [-0.15, -0.1) is 11.6 Å². The molecular formula is C25H22ClF3N4O4. The molecule has 3 amide bonds. The van der Waals surface area contributed by atoms with E-state index in [0.717, 1.165) is 6.07 Å². The van der Waals surface area contributed by atoms with Crippen LogP contribution in [0.1, 0.15) is 36.3 Å². The molecule has 3 N–H and O–H groups in total. The maximum absolute atomic E-state index is 13.5. The summed E-state index contributed by atoms with van der Waals surface area (Å²) in [7, 11) is 0. The Balaban J connectivity index is 1.65. The van der Waals surface area contributed by atoms with E-state index in [-0.39, 0.29) is 17.2 Å². The number of carbonyl (C=O) groups excluding carboxylic acids is 3. The second kappa shape index (κ2) is 11.7. The summed E-state index contributed by atoms with van der Waals surface area (Å²) >= 11 is 5.61. The van der Waals surface area contributed by atoms with Gasteiger partial charge in [-0.1, -0.05) is 6.92 Å². The zero-order valence-corrected chi connectivity index (χ0v) is 20.4. The lowest BCUT2D eigenvalue weighted by Crippen LogP contribution is -2.23. The molecule has 0 aliphatic heterocycles. The van der Waals surface area contributed by atoms with E-state index in [2.05, 4.69) is 20.9 Å². The van der Waals surface area contributed by atoms with Gasteiger partial charge in [0.1, 0.15) is 22.6 Å². The highest BCUT2D eigenvalue weighted by Gasteiger charge is 2.34. The first-order chi connectivity index (χ1) is 17.5. The number of anilines is 3. The molecule has 1 unspecified atom stereocenters. The lowest BCUT2D eigenvalue weighted by atomic mass is 10.1. The van der Waals surface area contributed by atoms with E-state index in [9.17, 15) is 27.6 Å². The standard InChI is InChI=1S/C25H22ClF3N4O4/c1-3-22(34)21-13-18(10-11-30-21)37-17-7-4-15(5-8-17)31-24(36)32-16-6-9-20(33-23(35)14(2)26)19(12-16)25(27,28)29/h4-14H,3H2,1-2H3,(H,33,35)(H2,31,32,36). The number of urea groups is 1. The van der Waals surface area contributed by atoms with Crippen molar-refractivity contribution >= 4 is 46.4 Å². The number of ketones is 1. The second-order valence-electron chi connectivity index (χ2n) is 7.72. The number of hydrogen-bond acceptors (Lipinski definition) is 5. The number of alkyl halides is 4. The number of Topliss-reactive ketones (excluding diaryl/α,β-unsaturated/α-hetero) is 1. The van der Waals surface area contributed by atoms with E-state index in [1.807, 2.05) is 0 Å². The molecule has 194 valence electrons. The number of nitrogens with zero attached hydrogens (tertiary/aromatic N) is 1. The molecule has 37 heavy (non-hydrogen) atoms. The third-order valence-corrected chi connectivity index (χ3v) is 5.09. The Morgan fingerprint density at radius 1 is 0.946 bits per heavy atom. The molecule has 3 rings (SSSR count). The van der Waals surface area contributed by atoms with E-state index < -0.39 is 34.7 Å². The minimum Gasteiger partial charge on any atom is -0.457 e. The van der Waals surface area contributed by atoms with Crippen molar-refractivity contribution in [1.82, 2.24) is 4.98 Å². The third kappa shape index (κ3) is 7.68. The molecule has 12 heteroatoms. The number of nitrogens with one attached hydrogen (secondary N) is 3. The Hall–Kier alpha value is -4.12. The number of carbonyl (C=O) groups is 3. The molecule has 0 aliphatic carbocycles. The van der Waals surface area contributed by atoms with Crippen molar-refractivity contribution in [2.24, 2.45) is 0 Å². The molecule has 1 aromatic heterocycles. The number of amides is 3. The predicted octanol–water partition coefficient (Wildman–Crippen LogP) is 6.70. The van der Waals surface area contributed by atoms with E-state index in [1.54, 1.807) is 25.1 Å². The number of hydrogen-bond donors (Lipinski definition) is 3. The number of halogens is 4. The van der Waals surface area contributed by atoms with Crippen LogP contribution in [0.2, 0.25) is 0 Å². The van der Waals surface area contributed by atoms with Gasteiger partial charge in [-0.3, -0.25) is 14.6 Å². The van der Waals surface area contributed by atoms with Crippen LogP contribution in [-0.2, 0) is 11.0 Å². The summed E-state index contributed by atoms with van der Waals surface area (Å²) in [4.78, 5) is 39.9. The topological polar surface area (TPSA) is 109 Å². The van der Waals surface area contributed by atoms with E-state index >= 15 is 0 Å². The largest absolute Gasteiger partial charge is 0.457 e. The summed E-state index contributed by atoms with van der Waals surface area (Å²) in [6.07, 6.45) is -3.02. The lowest BCUT2D eigenvalue weighted by Gasteiger charge is -2.16. The van der Waals surface area contributed by atoms with Gasteiger partial charge in [0.05, 0.1) is 11.3 Å². The molecule has 0 radical (unpaired) electrons. The number of aromatic nitrogens is 1. The van der Waals surface area contributed by atoms with Gasteiger partial charge in [0.15, 0.2) is 5.78 Å². The monoisotopic (exact) mass is 534 g/mol. The van der Waals surface area contributed by atoms with Gasteiger partial charge in [0, 0.05) is 30.1 Å². The Labute approximate surface area is 215 Å². The maximum atomic E-state index is 13.5. The molecule has 8 nitrogen and oxygen atoms in total. The highest BCUT2D eigenvalue weighted by molar-refractivity contribution is 6.32. The average molecular weight is 535 g/mol. The normalized spacial score (nSPS) is 11.8. The van der Waals surface area contributed by atoms with Gasteiger partial charge < -0.3 is 20.7 Å². The van der Waals surface area contributed by atoms with Gasteiger partial charge in [0.25, 0.3) is 0 Å². The lowest BCUT2D eigenvalue weighted by molar-refractivity contribution is -0.136. The summed E-state index contributed by atoms with van der Waals surface area (Å²) in [6.45, 7) is 3.06. The first kappa shape index (κ1) is 27.5. The van der Waals surface area contributed by atoms with Crippen molar-refractivity contribution < 1.29 is 32.3 Å². The molecule has 2 aromatic carbocycles. The van der Waals surface area contributed by atoms with E-state index in [0.29, 0.717) is 29.7 Å². The van der Waals surface area contributed by atoms with Crippen molar-refractivity contribution in [2.75, 3.05) is 16.0 Å². The van der Waals surface area contributed by atoms with Crippen LogP contribution in [0.15, 0.2) is 60.8 Å². The number of benzene rings is 2. The second-order valence-corrected chi connectivity index (χ2v) is 8.38. The van der Waals surface area contributed by atoms with Gasteiger partial charge in [-0.05, 0) is 55.5 Å². The predicted molar refractivity (Wildman–Crippen MR) is 133 cm³/mol. The number of pyridine rings is 1. The van der Waals surface area contributed by atoms with Crippen LogP contribution in [-0.4, -0.2) is 28.1 Å². The summed E-state index contributed by atoms with van der Waals surface area (Å²) in [5.41, 5.74) is -1.13. The summed E-state index contributed by atoms with van der Waals surface area (Å²) < 4.78 is 46.2. The molecule has 0 aliphatic rings. The molecule has 0 spiro atoms. The molecule has 0 bridgehead atoms. The van der Waals surface area contributed by atoms with Crippen LogP contribution < -0.4 is 20.7 Å². The Bertz CT molecular complexity index is 1300. The van der Waals surface area contributed by atoms with Crippen LogP contribution >= 0.6 is 11.6 Å². The Morgan fingerprint density at radius 3 is 2.22 bits per heavy atom. The molecule has 0 saturated carbocycles. The quantitative estimate of drug-likeness (QED) is 0.220.